The number of anilines is 3. The third kappa shape index (κ3) is 6.83. The molecule has 0 spiro atoms. The Morgan fingerprint density at radius 1 is 0.912 bits per heavy atom. The quantitative estimate of drug-likeness (QED) is 0.510. The fraction of sp³-hybridized carbons (Fsp3) is 0.321. The van der Waals surface area contributed by atoms with Crippen molar-refractivity contribution in [1.29, 1.82) is 0 Å². The normalized spacial score (nSPS) is 15.1. The number of piperazine rings is 1. The molecule has 1 aliphatic heterocycles. The van der Waals surface area contributed by atoms with Gasteiger partial charge in [-0.15, -0.1) is 0 Å². The number of nitrogens with one attached hydrogen (secondary N) is 1. The molecular weight excluding hydrogens is 424 g/mol. The SMILES string of the molecule is CC(O)CN(CC(=O)Nc1ccc(N2CCN(Cc3ccccc3)CC2)cc1)c1ccccc1. The van der Waals surface area contributed by atoms with Crippen molar-refractivity contribution in [1.82, 2.24) is 4.90 Å². The van der Waals surface area contributed by atoms with Crippen molar-refractivity contribution in [3.63, 3.8) is 0 Å². The van der Waals surface area contributed by atoms with Gasteiger partial charge in [-0.3, -0.25) is 9.69 Å². The molecule has 6 nitrogen and oxygen atoms in total. The number of carbonyl (C=O) groups excluding carboxylic acids is 1. The molecule has 3 aromatic carbocycles. The van der Waals surface area contributed by atoms with Crippen molar-refractivity contribution in [2.75, 3.05) is 54.4 Å². The number of nitrogens with zero attached hydrogens (tertiary/aromatic N) is 3. The van der Waals surface area contributed by atoms with Gasteiger partial charge < -0.3 is 20.2 Å². The first-order chi connectivity index (χ1) is 16.6. The largest absolute Gasteiger partial charge is 0.392 e. The van der Waals surface area contributed by atoms with Crippen molar-refractivity contribution in [3.8, 4) is 0 Å². The number of benzene rings is 3. The molecule has 0 radical (unpaired) electrons. The van der Waals surface area contributed by atoms with E-state index in [9.17, 15) is 9.90 Å². The number of para-hydroxylation sites is 1. The lowest BCUT2D eigenvalue weighted by molar-refractivity contribution is -0.115. The Hall–Kier alpha value is -3.35. The molecule has 2 N–H and O–H groups in total. The van der Waals surface area contributed by atoms with Crippen molar-refractivity contribution in [2.45, 2.75) is 19.6 Å². The van der Waals surface area contributed by atoms with Crippen LogP contribution in [0.1, 0.15) is 12.5 Å². The molecular formula is C28H34N4O2. The van der Waals surface area contributed by atoms with Gasteiger partial charge in [0.1, 0.15) is 0 Å². The highest BCUT2D eigenvalue weighted by Crippen LogP contribution is 2.21. The van der Waals surface area contributed by atoms with Crippen molar-refractivity contribution in [3.05, 3.63) is 90.5 Å². The first kappa shape index (κ1) is 23.8. The van der Waals surface area contributed by atoms with E-state index in [4.69, 9.17) is 0 Å². The van der Waals surface area contributed by atoms with Crippen LogP contribution in [0.25, 0.3) is 0 Å². The predicted molar refractivity (Wildman–Crippen MR) is 139 cm³/mol. The second-order valence-corrected chi connectivity index (χ2v) is 8.91. The molecule has 0 saturated carbocycles. The van der Waals surface area contributed by atoms with E-state index in [1.807, 2.05) is 47.4 Å². The molecule has 1 saturated heterocycles. The molecule has 1 aliphatic rings. The van der Waals surface area contributed by atoms with E-state index in [0.29, 0.717) is 6.54 Å². The molecule has 1 fully saturated rings. The van der Waals surface area contributed by atoms with Crippen LogP contribution in [0, 0.1) is 0 Å². The van der Waals surface area contributed by atoms with Gasteiger partial charge in [0.25, 0.3) is 0 Å². The maximum atomic E-state index is 12.7. The van der Waals surface area contributed by atoms with Gasteiger partial charge in [0.2, 0.25) is 5.91 Å². The van der Waals surface area contributed by atoms with E-state index < -0.39 is 6.10 Å². The number of aliphatic hydroxyl groups is 1. The standard InChI is InChI=1S/C28H34N4O2/c1-23(33)20-32(26-10-6-3-7-11-26)22-28(34)29-25-12-14-27(15-13-25)31-18-16-30(17-19-31)21-24-8-4-2-5-9-24/h2-15,23,33H,16-22H2,1H3,(H,29,34). The predicted octanol–water partition coefficient (Wildman–Crippen LogP) is 3.83. The van der Waals surface area contributed by atoms with Crippen molar-refractivity contribution < 1.29 is 9.90 Å². The average molecular weight is 459 g/mol. The van der Waals surface area contributed by atoms with Gasteiger partial charge in [0.05, 0.1) is 12.6 Å². The van der Waals surface area contributed by atoms with Crippen LogP contribution in [-0.2, 0) is 11.3 Å². The summed E-state index contributed by atoms with van der Waals surface area (Å²) in [5, 5.41) is 12.8. The lowest BCUT2D eigenvalue weighted by atomic mass is 10.2. The molecule has 34 heavy (non-hydrogen) atoms. The van der Waals surface area contributed by atoms with Crippen LogP contribution >= 0.6 is 0 Å². The van der Waals surface area contributed by atoms with Crippen LogP contribution in [0.4, 0.5) is 17.1 Å². The summed E-state index contributed by atoms with van der Waals surface area (Å²) in [4.78, 5) is 19.5. The zero-order chi connectivity index (χ0) is 23.8. The summed E-state index contributed by atoms with van der Waals surface area (Å²) in [7, 11) is 0. The number of carbonyl (C=O) groups is 1. The zero-order valence-electron chi connectivity index (χ0n) is 19.8. The third-order valence-corrected chi connectivity index (χ3v) is 6.08. The molecule has 4 rings (SSSR count). The van der Waals surface area contributed by atoms with Gasteiger partial charge in [-0.2, -0.15) is 0 Å². The van der Waals surface area contributed by atoms with E-state index >= 15 is 0 Å². The average Bonchev–Trinajstić information content (AvgIpc) is 2.85. The van der Waals surface area contributed by atoms with Crippen LogP contribution in [0.3, 0.4) is 0 Å². The Labute approximate surface area is 202 Å². The summed E-state index contributed by atoms with van der Waals surface area (Å²) in [6.45, 7) is 7.35. The molecule has 0 bridgehead atoms. The summed E-state index contributed by atoms with van der Waals surface area (Å²) < 4.78 is 0. The van der Waals surface area contributed by atoms with Crippen LogP contribution in [0.5, 0.6) is 0 Å². The van der Waals surface area contributed by atoms with Crippen molar-refractivity contribution >= 4 is 23.0 Å². The molecule has 6 heteroatoms. The Bertz CT molecular complexity index is 1020. The third-order valence-electron chi connectivity index (χ3n) is 6.08. The topological polar surface area (TPSA) is 59.1 Å². The van der Waals surface area contributed by atoms with Crippen LogP contribution in [0.15, 0.2) is 84.9 Å². The zero-order valence-corrected chi connectivity index (χ0v) is 19.8. The highest BCUT2D eigenvalue weighted by atomic mass is 16.3. The summed E-state index contributed by atoms with van der Waals surface area (Å²) >= 11 is 0. The fourth-order valence-electron chi connectivity index (χ4n) is 4.35. The Balaban J connectivity index is 1.28. The lowest BCUT2D eigenvalue weighted by Crippen LogP contribution is -2.45. The highest BCUT2D eigenvalue weighted by Gasteiger charge is 2.18. The second-order valence-electron chi connectivity index (χ2n) is 8.91. The first-order valence-corrected chi connectivity index (χ1v) is 12.0. The summed E-state index contributed by atoms with van der Waals surface area (Å²) in [5.74, 6) is -0.105. The molecule has 1 heterocycles. The molecule has 1 unspecified atom stereocenters. The molecule has 3 aromatic rings. The maximum Gasteiger partial charge on any atom is 0.243 e. The van der Waals surface area contributed by atoms with E-state index in [0.717, 1.165) is 44.1 Å². The Morgan fingerprint density at radius 2 is 1.53 bits per heavy atom. The smallest absolute Gasteiger partial charge is 0.243 e. The van der Waals surface area contributed by atoms with Crippen molar-refractivity contribution in [2.24, 2.45) is 0 Å². The minimum atomic E-state index is -0.527. The second kappa shape index (κ2) is 11.7. The minimum Gasteiger partial charge on any atom is -0.392 e. The maximum absolute atomic E-state index is 12.7. The van der Waals surface area contributed by atoms with Gasteiger partial charge in [-0.25, -0.2) is 0 Å². The molecule has 0 aromatic heterocycles. The van der Waals surface area contributed by atoms with E-state index in [2.05, 4.69) is 57.6 Å². The van der Waals surface area contributed by atoms with Gasteiger partial charge in [-0.1, -0.05) is 48.5 Å². The Kier molecular flexibility index (Phi) is 8.17. The number of amides is 1. The minimum absolute atomic E-state index is 0.105. The van der Waals surface area contributed by atoms with Crippen LogP contribution in [-0.4, -0.2) is 61.3 Å². The number of rotatable bonds is 9. The monoisotopic (exact) mass is 458 g/mol. The molecule has 1 amide bonds. The molecule has 1 atom stereocenters. The number of hydrogen-bond acceptors (Lipinski definition) is 5. The van der Waals surface area contributed by atoms with Gasteiger partial charge in [0, 0.05) is 56.3 Å². The summed E-state index contributed by atoms with van der Waals surface area (Å²) in [5.41, 5.74) is 4.23. The molecule has 178 valence electrons. The van der Waals surface area contributed by atoms with E-state index in [1.54, 1.807) is 6.92 Å². The lowest BCUT2D eigenvalue weighted by Gasteiger charge is -2.36. The highest BCUT2D eigenvalue weighted by molar-refractivity contribution is 5.94. The van der Waals surface area contributed by atoms with Gasteiger partial charge >= 0.3 is 0 Å². The van der Waals surface area contributed by atoms with Crippen LogP contribution in [0.2, 0.25) is 0 Å². The number of aliphatic hydroxyl groups excluding tert-OH is 1. The summed E-state index contributed by atoms with van der Waals surface area (Å²) in [6, 6.07) is 28.4. The fourth-order valence-corrected chi connectivity index (χ4v) is 4.35. The summed E-state index contributed by atoms with van der Waals surface area (Å²) in [6.07, 6.45) is -0.527. The molecule has 0 aliphatic carbocycles. The van der Waals surface area contributed by atoms with Crippen LogP contribution < -0.4 is 15.1 Å². The van der Waals surface area contributed by atoms with E-state index in [-0.39, 0.29) is 12.5 Å². The van der Waals surface area contributed by atoms with E-state index in [1.165, 1.54) is 11.3 Å². The first-order valence-electron chi connectivity index (χ1n) is 12.0. The number of hydrogen-bond donors (Lipinski definition) is 2. The Morgan fingerprint density at radius 3 is 2.15 bits per heavy atom. The van der Waals surface area contributed by atoms with Gasteiger partial charge in [0.15, 0.2) is 0 Å². The van der Waals surface area contributed by atoms with Gasteiger partial charge in [-0.05, 0) is 48.9 Å².